The van der Waals surface area contributed by atoms with E-state index in [4.69, 9.17) is 14.3 Å². The fourth-order valence-electron chi connectivity index (χ4n) is 2.93. The topological polar surface area (TPSA) is 93.5 Å². The second-order valence-corrected chi connectivity index (χ2v) is 5.50. The Labute approximate surface area is 134 Å². The van der Waals surface area contributed by atoms with Gasteiger partial charge in [-0.25, -0.2) is 18.7 Å². The largest absolute Gasteiger partial charge is 0.472 e. The molecule has 3 aromatic rings. The fraction of sp³-hybridized carbons (Fsp3) is 0.333. The molecule has 24 heavy (non-hydrogen) atoms. The Kier molecular flexibility index (Phi) is 3.56. The molecule has 3 aromatic heterocycles. The zero-order chi connectivity index (χ0) is 16.8. The van der Waals surface area contributed by atoms with Crippen LogP contribution in [0.2, 0.25) is 0 Å². The van der Waals surface area contributed by atoms with Crippen LogP contribution in [-0.4, -0.2) is 49.7 Å². The monoisotopic (exact) mass is 337 g/mol. The summed E-state index contributed by atoms with van der Waals surface area (Å²) in [6.07, 6.45) is -0.598. The van der Waals surface area contributed by atoms with Crippen molar-refractivity contribution in [1.82, 2.24) is 14.5 Å². The molecule has 0 unspecified atom stereocenters. The maximum Gasteiger partial charge on any atom is 0.173 e. The van der Waals surface area contributed by atoms with Crippen molar-refractivity contribution in [3.05, 3.63) is 36.9 Å². The Morgan fingerprint density at radius 1 is 1.33 bits per heavy atom. The van der Waals surface area contributed by atoms with Crippen LogP contribution in [0.25, 0.3) is 22.3 Å². The summed E-state index contributed by atoms with van der Waals surface area (Å²) in [6.45, 7) is -0.547. The minimum atomic E-state index is -1.83. The predicted octanol–water partition coefficient (Wildman–Crippen LogP) is 1.42. The summed E-state index contributed by atoms with van der Waals surface area (Å²) >= 11 is 0. The number of rotatable bonds is 3. The van der Waals surface area contributed by atoms with Crippen molar-refractivity contribution in [2.75, 3.05) is 6.61 Å². The highest BCUT2D eigenvalue weighted by molar-refractivity contribution is 5.91. The summed E-state index contributed by atoms with van der Waals surface area (Å²) in [5, 5.41) is 19.0. The fourth-order valence-corrected chi connectivity index (χ4v) is 2.93. The number of hydrogen-bond acceptors (Lipinski definition) is 6. The zero-order valence-electron chi connectivity index (χ0n) is 12.2. The van der Waals surface area contributed by atoms with Crippen LogP contribution in [0.15, 0.2) is 35.5 Å². The SMILES string of the molecule is OC[C@H]1O[C@@H](n2cc(F)c3c(-c4ccoc4)ncnc32)[C@@H](F)[C@@H]1O. The summed E-state index contributed by atoms with van der Waals surface area (Å²) < 4.78 is 40.3. The van der Waals surface area contributed by atoms with E-state index < -0.39 is 37.0 Å². The lowest BCUT2D eigenvalue weighted by Gasteiger charge is -2.15. The van der Waals surface area contributed by atoms with Crippen molar-refractivity contribution < 1.29 is 28.1 Å². The summed E-state index contributed by atoms with van der Waals surface area (Å²) in [5.74, 6) is -0.653. The van der Waals surface area contributed by atoms with E-state index in [1.54, 1.807) is 6.07 Å². The third-order valence-electron chi connectivity index (χ3n) is 4.11. The van der Waals surface area contributed by atoms with Crippen molar-refractivity contribution in [2.24, 2.45) is 0 Å². The van der Waals surface area contributed by atoms with Gasteiger partial charge in [-0.05, 0) is 6.07 Å². The molecule has 0 bridgehead atoms. The van der Waals surface area contributed by atoms with Gasteiger partial charge in [0.25, 0.3) is 0 Å². The van der Waals surface area contributed by atoms with Crippen molar-refractivity contribution in [3.8, 4) is 11.3 Å². The lowest BCUT2D eigenvalue weighted by atomic mass is 10.1. The lowest BCUT2D eigenvalue weighted by molar-refractivity contribution is -0.0459. The number of hydrogen-bond donors (Lipinski definition) is 2. The first-order valence-corrected chi connectivity index (χ1v) is 7.24. The number of ether oxygens (including phenoxy) is 1. The van der Waals surface area contributed by atoms with E-state index >= 15 is 0 Å². The van der Waals surface area contributed by atoms with Gasteiger partial charge in [0.1, 0.15) is 24.2 Å². The highest BCUT2D eigenvalue weighted by atomic mass is 19.1. The molecule has 9 heteroatoms. The summed E-state index contributed by atoms with van der Waals surface area (Å²) in [4.78, 5) is 8.08. The normalized spacial score (nSPS) is 27.2. The van der Waals surface area contributed by atoms with Gasteiger partial charge in [0.15, 0.2) is 18.2 Å². The van der Waals surface area contributed by atoms with Gasteiger partial charge in [-0.3, -0.25) is 4.57 Å². The van der Waals surface area contributed by atoms with Crippen LogP contribution in [0, 0.1) is 5.82 Å². The van der Waals surface area contributed by atoms with Crippen LogP contribution in [0.5, 0.6) is 0 Å². The average molecular weight is 337 g/mol. The second kappa shape index (κ2) is 5.62. The van der Waals surface area contributed by atoms with Crippen LogP contribution in [-0.2, 0) is 4.74 Å². The standard InChI is InChI=1S/C15H13F2N3O4/c16-8-3-20(15-11(17)13(22)9(4-21)24-15)14-10(8)12(18-6-19-14)7-1-2-23-5-7/h1-3,5-6,9,11,13,15,21-22H,4H2/t9-,11+,13-,15-/m1/s1. The van der Waals surface area contributed by atoms with Crippen LogP contribution in [0.4, 0.5) is 8.78 Å². The van der Waals surface area contributed by atoms with E-state index in [-0.39, 0.29) is 11.0 Å². The zero-order valence-corrected chi connectivity index (χ0v) is 12.2. The van der Waals surface area contributed by atoms with E-state index in [0.717, 1.165) is 6.20 Å². The van der Waals surface area contributed by atoms with Gasteiger partial charge in [-0.1, -0.05) is 0 Å². The summed E-state index contributed by atoms with van der Waals surface area (Å²) in [5.41, 5.74) is 0.978. The van der Waals surface area contributed by atoms with Gasteiger partial charge < -0.3 is 19.4 Å². The van der Waals surface area contributed by atoms with Gasteiger partial charge in [-0.15, -0.1) is 0 Å². The molecular formula is C15H13F2N3O4. The Balaban J connectivity index is 1.86. The van der Waals surface area contributed by atoms with Gasteiger partial charge in [0, 0.05) is 11.8 Å². The van der Waals surface area contributed by atoms with Crippen LogP contribution < -0.4 is 0 Å². The number of aliphatic hydroxyl groups is 2. The molecule has 2 N–H and O–H groups in total. The highest BCUT2D eigenvalue weighted by Crippen LogP contribution is 2.36. The maximum absolute atomic E-state index is 14.5. The van der Waals surface area contributed by atoms with E-state index in [1.165, 1.54) is 23.4 Å². The molecule has 0 aromatic carbocycles. The molecular weight excluding hydrogens is 324 g/mol. The van der Waals surface area contributed by atoms with Crippen molar-refractivity contribution >= 4 is 11.0 Å². The predicted molar refractivity (Wildman–Crippen MR) is 77.1 cm³/mol. The third-order valence-corrected chi connectivity index (χ3v) is 4.11. The number of fused-ring (bicyclic) bond motifs is 1. The Morgan fingerprint density at radius 3 is 2.83 bits per heavy atom. The molecule has 0 radical (unpaired) electrons. The highest BCUT2D eigenvalue weighted by Gasteiger charge is 2.45. The maximum atomic E-state index is 14.5. The lowest BCUT2D eigenvalue weighted by Crippen LogP contribution is -2.30. The molecule has 4 rings (SSSR count). The first-order valence-electron chi connectivity index (χ1n) is 7.24. The second-order valence-electron chi connectivity index (χ2n) is 5.50. The summed E-state index contributed by atoms with van der Waals surface area (Å²) in [6, 6.07) is 1.62. The number of aliphatic hydroxyl groups excluding tert-OH is 2. The molecule has 1 fully saturated rings. The molecule has 7 nitrogen and oxygen atoms in total. The smallest absolute Gasteiger partial charge is 0.173 e. The quantitative estimate of drug-likeness (QED) is 0.751. The first kappa shape index (κ1) is 15.2. The van der Waals surface area contributed by atoms with E-state index in [0.29, 0.717) is 11.3 Å². The molecule has 126 valence electrons. The average Bonchev–Trinajstić information content (AvgIpc) is 3.29. The van der Waals surface area contributed by atoms with Crippen LogP contribution in [0.1, 0.15) is 6.23 Å². The van der Waals surface area contributed by atoms with E-state index in [1.807, 2.05) is 0 Å². The molecule has 0 aliphatic carbocycles. The molecule has 0 spiro atoms. The minimum absolute atomic E-state index is 0.0941. The Hall–Kier alpha value is -2.36. The van der Waals surface area contributed by atoms with E-state index in [9.17, 15) is 13.9 Å². The molecule has 1 aliphatic heterocycles. The number of halogens is 2. The number of nitrogens with zero attached hydrogens (tertiary/aromatic N) is 3. The molecule has 4 heterocycles. The molecule has 1 saturated heterocycles. The Bertz CT molecular complexity index is 867. The van der Waals surface area contributed by atoms with Crippen LogP contribution >= 0.6 is 0 Å². The van der Waals surface area contributed by atoms with Crippen molar-refractivity contribution in [3.63, 3.8) is 0 Å². The van der Waals surface area contributed by atoms with Gasteiger partial charge in [-0.2, -0.15) is 0 Å². The first-order chi connectivity index (χ1) is 11.6. The van der Waals surface area contributed by atoms with Gasteiger partial charge in [0.2, 0.25) is 0 Å². The number of alkyl halides is 1. The molecule has 1 aliphatic rings. The van der Waals surface area contributed by atoms with Crippen LogP contribution in [0.3, 0.4) is 0 Å². The van der Waals surface area contributed by atoms with Gasteiger partial charge >= 0.3 is 0 Å². The third kappa shape index (κ3) is 2.13. The van der Waals surface area contributed by atoms with Gasteiger partial charge in [0.05, 0.1) is 30.2 Å². The van der Waals surface area contributed by atoms with E-state index in [2.05, 4.69) is 9.97 Å². The molecule has 0 saturated carbocycles. The summed E-state index contributed by atoms with van der Waals surface area (Å²) in [7, 11) is 0. The van der Waals surface area contributed by atoms with Crippen molar-refractivity contribution in [2.45, 2.75) is 24.6 Å². The molecule has 0 amide bonds. The molecule has 4 atom stereocenters. The minimum Gasteiger partial charge on any atom is -0.472 e. The number of aromatic nitrogens is 3. The van der Waals surface area contributed by atoms with Crippen molar-refractivity contribution in [1.29, 1.82) is 0 Å². The Morgan fingerprint density at radius 2 is 2.17 bits per heavy atom. The number of furan rings is 1.